The van der Waals surface area contributed by atoms with Crippen molar-refractivity contribution in [2.45, 2.75) is 26.7 Å². The molecular weight excluding hydrogens is 204 g/mol. The standard InChI is InChI=1S/C13H16O3/c1-3-4-6-9-7-5-8-13(2)10(9)11(14)16-12(13)15/h4-6,8-10H,3,7H2,1-2H3. The van der Waals surface area contributed by atoms with Gasteiger partial charge in [0.1, 0.15) is 0 Å². The highest BCUT2D eigenvalue weighted by atomic mass is 16.6. The Kier molecular flexibility index (Phi) is 2.70. The number of hydrogen-bond donors (Lipinski definition) is 0. The van der Waals surface area contributed by atoms with Gasteiger partial charge in [0, 0.05) is 0 Å². The second kappa shape index (κ2) is 3.89. The monoisotopic (exact) mass is 220 g/mol. The van der Waals surface area contributed by atoms with Crippen molar-refractivity contribution < 1.29 is 14.3 Å². The summed E-state index contributed by atoms with van der Waals surface area (Å²) in [6.07, 6.45) is 9.61. The third kappa shape index (κ3) is 1.51. The normalized spacial score (nSPS) is 37.9. The maximum Gasteiger partial charge on any atom is 0.324 e. The SMILES string of the molecule is CCC=CC1CC=CC2(C)C(=O)OC(=O)C12. The van der Waals surface area contributed by atoms with Gasteiger partial charge in [-0.3, -0.25) is 9.59 Å². The van der Waals surface area contributed by atoms with Crippen molar-refractivity contribution in [3.63, 3.8) is 0 Å². The average molecular weight is 220 g/mol. The van der Waals surface area contributed by atoms with Gasteiger partial charge in [-0.25, -0.2) is 0 Å². The number of carbonyl (C=O) groups excluding carboxylic acids is 2. The molecule has 1 aliphatic carbocycles. The van der Waals surface area contributed by atoms with Gasteiger partial charge < -0.3 is 4.74 Å². The second-order valence-corrected chi connectivity index (χ2v) is 4.61. The summed E-state index contributed by atoms with van der Waals surface area (Å²) < 4.78 is 4.76. The van der Waals surface area contributed by atoms with Crippen LogP contribution in [0.4, 0.5) is 0 Å². The Bertz CT molecular complexity index is 381. The van der Waals surface area contributed by atoms with Gasteiger partial charge in [-0.15, -0.1) is 0 Å². The number of esters is 2. The molecule has 1 saturated heterocycles. The molecule has 3 unspecified atom stereocenters. The van der Waals surface area contributed by atoms with E-state index >= 15 is 0 Å². The summed E-state index contributed by atoms with van der Waals surface area (Å²) >= 11 is 0. The van der Waals surface area contributed by atoms with Crippen LogP contribution < -0.4 is 0 Å². The number of carbonyl (C=O) groups is 2. The van der Waals surface area contributed by atoms with Crippen molar-refractivity contribution >= 4 is 11.9 Å². The summed E-state index contributed by atoms with van der Waals surface area (Å²) in [6.45, 7) is 3.83. The lowest BCUT2D eigenvalue weighted by atomic mass is 9.67. The number of rotatable bonds is 2. The summed E-state index contributed by atoms with van der Waals surface area (Å²) in [7, 11) is 0. The number of cyclic esters (lactones) is 2. The molecule has 0 radical (unpaired) electrons. The Morgan fingerprint density at radius 3 is 3.00 bits per heavy atom. The molecule has 0 aromatic carbocycles. The summed E-state index contributed by atoms with van der Waals surface area (Å²) in [6, 6.07) is 0. The second-order valence-electron chi connectivity index (χ2n) is 4.61. The topological polar surface area (TPSA) is 43.4 Å². The fraction of sp³-hybridized carbons (Fsp3) is 0.538. The Morgan fingerprint density at radius 2 is 2.31 bits per heavy atom. The van der Waals surface area contributed by atoms with Crippen molar-refractivity contribution in [2.24, 2.45) is 17.3 Å². The minimum absolute atomic E-state index is 0.0916. The molecule has 1 heterocycles. The Morgan fingerprint density at radius 1 is 1.56 bits per heavy atom. The molecule has 0 saturated carbocycles. The Labute approximate surface area is 95.2 Å². The molecule has 0 aromatic rings. The molecule has 0 amide bonds. The Balaban J connectivity index is 2.34. The molecule has 0 aromatic heterocycles. The van der Waals surface area contributed by atoms with Gasteiger partial charge in [0.05, 0.1) is 11.3 Å². The molecule has 3 heteroatoms. The van der Waals surface area contributed by atoms with Gasteiger partial charge in [-0.05, 0) is 25.7 Å². The van der Waals surface area contributed by atoms with Crippen LogP contribution in [0.5, 0.6) is 0 Å². The predicted molar refractivity (Wildman–Crippen MR) is 59.4 cm³/mol. The summed E-state index contributed by atoms with van der Waals surface area (Å²) in [5.41, 5.74) is -0.752. The van der Waals surface area contributed by atoms with E-state index in [1.807, 2.05) is 31.2 Å². The van der Waals surface area contributed by atoms with Crippen LogP contribution in [0, 0.1) is 17.3 Å². The molecule has 1 aliphatic heterocycles. The minimum atomic E-state index is -0.752. The van der Waals surface area contributed by atoms with Crippen molar-refractivity contribution in [3.8, 4) is 0 Å². The van der Waals surface area contributed by atoms with Crippen LogP contribution in [-0.4, -0.2) is 11.9 Å². The van der Waals surface area contributed by atoms with E-state index in [1.54, 1.807) is 6.92 Å². The van der Waals surface area contributed by atoms with E-state index in [0.29, 0.717) is 0 Å². The third-order valence-corrected chi connectivity index (χ3v) is 3.45. The van der Waals surface area contributed by atoms with E-state index in [-0.39, 0.29) is 17.8 Å². The van der Waals surface area contributed by atoms with Crippen LogP contribution in [-0.2, 0) is 14.3 Å². The highest BCUT2D eigenvalue weighted by Gasteiger charge is 2.56. The van der Waals surface area contributed by atoms with Crippen LogP contribution in [0.3, 0.4) is 0 Å². The van der Waals surface area contributed by atoms with Gasteiger partial charge in [0.15, 0.2) is 0 Å². The zero-order valence-corrected chi connectivity index (χ0v) is 9.60. The van der Waals surface area contributed by atoms with Crippen molar-refractivity contribution in [1.29, 1.82) is 0 Å². The molecule has 3 atom stereocenters. The zero-order chi connectivity index (χ0) is 11.8. The molecule has 0 N–H and O–H groups in total. The van der Waals surface area contributed by atoms with E-state index in [2.05, 4.69) is 0 Å². The third-order valence-electron chi connectivity index (χ3n) is 3.45. The lowest BCUT2D eigenvalue weighted by Gasteiger charge is -2.30. The number of fused-ring (bicyclic) bond motifs is 1. The summed E-state index contributed by atoms with van der Waals surface area (Å²) in [5.74, 6) is -1.03. The van der Waals surface area contributed by atoms with Gasteiger partial charge in [-0.2, -0.15) is 0 Å². The quantitative estimate of drug-likeness (QED) is 0.407. The van der Waals surface area contributed by atoms with Crippen LogP contribution in [0.1, 0.15) is 26.7 Å². The van der Waals surface area contributed by atoms with E-state index in [4.69, 9.17) is 4.74 Å². The summed E-state index contributed by atoms with van der Waals surface area (Å²) in [5, 5.41) is 0. The molecule has 0 spiro atoms. The minimum Gasteiger partial charge on any atom is -0.392 e. The van der Waals surface area contributed by atoms with Gasteiger partial charge in [-0.1, -0.05) is 31.2 Å². The molecule has 2 rings (SSSR count). The number of ether oxygens (including phenoxy) is 1. The maximum absolute atomic E-state index is 11.7. The first-order valence-corrected chi connectivity index (χ1v) is 5.70. The van der Waals surface area contributed by atoms with Crippen molar-refractivity contribution in [1.82, 2.24) is 0 Å². The Hall–Kier alpha value is -1.38. The van der Waals surface area contributed by atoms with E-state index in [9.17, 15) is 9.59 Å². The van der Waals surface area contributed by atoms with Crippen LogP contribution in [0.15, 0.2) is 24.3 Å². The first-order valence-electron chi connectivity index (χ1n) is 5.70. The zero-order valence-electron chi connectivity index (χ0n) is 9.60. The number of hydrogen-bond acceptors (Lipinski definition) is 3. The van der Waals surface area contributed by atoms with E-state index in [1.165, 1.54) is 0 Å². The highest BCUT2D eigenvalue weighted by Crippen LogP contribution is 2.46. The van der Waals surface area contributed by atoms with Crippen LogP contribution >= 0.6 is 0 Å². The summed E-state index contributed by atoms with van der Waals surface area (Å²) in [4.78, 5) is 23.3. The highest BCUT2D eigenvalue weighted by molar-refractivity contribution is 6.00. The largest absolute Gasteiger partial charge is 0.392 e. The molecule has 16 heavy (non-hydrogen) atoms. The van der Waals surface area contributed by atoms with E-state index < -0.39 is 11.4 Å². The number of allylic oxidation sites excluding steroid dienone is 3. The average Bonchev–Trinajstić information content (AvgIpc) is 2.47. The van der Waals surface area contributed by atoms with Crippen LogP contribution in [0.25, 0.3) is 0 Å². The van der Waals surface area contributed by atoms with Gasteiger partial charge in [0.25, 0.3) is 0 Å². The predicted octanol–water partition coefficient (Wildman–Crippen LogP) is 2.23. The lowest BCUT2D eigenvalue weighted by molar-refractivity contribution is -0.154. The maximum atomic E-state index is 11.7. The molecule has 86 valence electrons. The fourth-order valence-electron chi connectivity index (χ4n) is 2.53. The fourth-order valence-corrected chi connectivity index (χ4v) is 2.53. The molecule has 1 fully saturated rings. The first kappa shape index (κ1) is 11.1. The lowest BCUT2D eigenvalue weighted by Crippen LogP contribution is -2.35. The molecule has 0 bridgehead atoms. The molecular formula is C13H16O3. The van der Waals surface area contributed by atoms with E-state index in [0.717, 1.165) is 12.8 Å². The molecule has 2 aliphatic rings. The van der Waals surface area contributed by atoms with Gasteiger partial charge >= 0.3 is 11.9 Å². The van der Waals surface area contributed by atoms with Crippen LogP contribution in [0.2, 0.25) is 0 Å². The van der Waals surface area contributed by atoms with Gasteiger partial charge in [0.2, 0.25) is 0 Å². The smallest absolute Gasteiger partial charge is 0.324 e. The first-order chi connectivity index (χ1) is 7.59. The van der Waals surface area contributed by atoms with Crippen molar-refractivity contribution in [3.05, 3.63) is 24.3 Å². The molecule has 3 nitrogen and oxygen atoms in total. The van der Waals surface area contributed by atoms with Crippen molar-refractivity contribution in [2.75, 3.05) is 0 Å².